The van der Waals surface area contributed by atoms with Gasteiger partial charge in [0.1, 0.15) is 0 Å². The van der Waals surface area contributed by atoms with Gasteiger partial charge in [0.15, 0.2) is 0 Å². The van der Waals surface area contributed by atoms with Crippen LogP contribution in [0.25, 0.3) is 0 Å². The van der Waals surface area contributed by atoms with Gasteiger partial charge in [0.2, 0.25) is 5.91 Å². The minimum atomic E-state index is -0.405. The van der Waals surface area contributed by atoms with Gasteiger partial charge in [-0.1, -0.05) is 23.7 Å². The number of rotatable bonds is 4. The number of nitrogens with zero attached hydrogens (tertiary/aromatic N) is 1. The average molecular weight is 226 g/mol. The van der Waals surface area contributed by atoms with Gasteiger partial charge in [-0.25, -0.2) is 0 Å². The quantitative estimate of drug-likeness (QED) is 0.608. The Balaban J connectivity index is 2.64. The molecule has 15 heavy (non-hydrogen) atoms. The number of amides is 1. The van der Waals surface area contributed by atoms with E-state index < -0.39 is 5.91 Å². The SMILES string of the molecule is C/C(CC(N)=O)=N\Nc1ccccc1Cl. The number of primary amides is 1. The molecule has 3 N–H and O–H groups in total. The molecule has 0 unspecified atom stereocenters. The number of carbonyl (C=O) groups is 1. The molecule has 0 fully saturated rings. The van der Waals surface area contributed by atoms with Crippen molar-refractivity contribution >= 4 is 28.9 Å². The molecule has 0 aliphatic heterocycles. The highest BCUT2D eigenvalue weighted by molar-refractivity contribution is 6.33. The summed E-state index contributed by atoms with van der Waals surface area (Å²) in [6.45, 7) is 1.72. The number of hydrazone groups is 1. The molecule has 1 rings (SSSR count). The summed E-state index contributed by atoms with van der Waals surface area (Å²) >= 11 is 5.89. The lowest BCUT2D eigenvalue weighted by atomic mass is 10.3. The first kappa shape index (κ1) is 11.5. The second-order valence-corrected chi connectivity index (χ2v) is 3.49. The van der Waals surface area contributed by atoms with Crippen LogP contribution in [0.5, 0.6) is 0 Å². The number of carbonyl (C=O) groups excluding carboxylic acids is 1. The van der Waals surface area contributed by atoms with Gasteiger partial charge >= 0.3 is 0 Å². The Kier molecular flexibility index (Phi) is 4.12. The lowest BCUT2D eigenvalue weighted by molar-refractivity contribution is -0.116. The maximum Gasteiger partial charge on any atom is 0.223 e. The summed E-state index contributed by atoms with van der Waals surface area (Å²) in [5, 5.41) is 4.55. The Bertz CT molecular complexity index is 390. The van der Waals surface area contributed by atoms with Crippen molar-refractivity contribution in [3.8, 4) is 0 Å². The van der Waals surface area contributed by atoms with Crippen LogP contribution in [0.4, 0.5) is 5.69 Å². The fraction of sp³-hybridized carbons (Fsp3) is 0.200. The van der Waals surface area contributed by atoms with Crippen LogP contribution in [0.3, 0.4) is 0 Å². The third-order valence-electron chi connectivity index (χ3n) is 1.67. The molecule has 0 atom stereocenters. The summed E-state index contributed by atoms with van der Waals surface area (Å²) in [4.78, 5) is 10.6. The monoisotopic (exact) mass is 225 g/mol. The molecule has 1 aromatic carbocycles. The summed E-state index contributed by atoms with van der Waals surface area (Å²) in [6, 6.07) is 7.22. The molecule has 0 spiro atoms. The van der Waals surface area contributed by atoms with Crippen molar-refractivity contribution in [2.24, 2.45) is 10.8 Å². The van der Waals surface area contributed by atoms with Crippen molar-refractivity contribution in [2.75, 3.05) is 5.43 Å². The summed E-state index contributed by atoms with van der Waals surface area (Å²) in [5.74, 6) is -0.405. The molecular weight excluding hydrogens is 214 g/mol. The number of nitrogens with one attached hydrogen (secondary N) is 1. The molecule has 0 aliphatic carbocycles. The zero-order valence-electron chi connectivity index (χ0n) is 8.33. The summed E-state index contributed by atoms with van der Waals surface area (Å²) in [7, 11) is 0. The molecule has 1 aromatic rings. The fourth-order valence-electron chi connectivity index (χ4n) is 0.999. The standard InChI is InChI=1S/C10H12ClN3O/c1-7(6-10(12)15)13-14-9-5-3-2-4-8(9)11/h2-5,14H,6H2,1H3,(H2,12,15)/b13-7+. The van der Waals surface area contributed by atoms with Crippen LogP contribution in [-0.2, 0) is 4.79 Å². The molecule has 1 amide bonds. The topological polar surface area (TPSA) is 67.5 Å². The van der Waals surface area contributed by atoms with Gasteiger partial charge in [-0.15, -0.1) is 0 Å². The van der Waals surface area contributed by atoms with E-state index in [1.54, 1.807) is 19.1 Å². The van der Waals surface area contributed by atoms with E-state index in [2.05, 4.69) is 10.5 Å². The highest BCUT2D eigenvalue weighted by atomic mass is 35.5. The van der Waals surface area contributed by atoms with E-state index in [1.165, 1.54) is 0 Å². The van der Waals surface area contributed by atoms with Gasteiger partial charge < -0.3 is 5.73 Å². The van der Waals surface area contributed by atoms with Crippen LogP contribution in [0.1, 0.15) is 13.3 Å². The minimum Gasteiger partial charge on any atom is -0.369 e. The number of nitrogens with two attached hydrogens (primary N) is 1. The van der Waals surface area contributed by atoms with Crippen LogP contribution in [-0.4, -0.2) is 11.6 Å². The van der Waals surface area contributed by atoms with E-state index in [1.807, 2.05) is 12.1 Å². The molecule has 0 aromatic heterocycles. The number of para-hydroxylation sites is 1. The molecule has 0 bridgehead atoms. The van der Waals surface area contributed by atoms with E-state index in [-0.39, 0.29) is 6.42 Å². The third kappa shape index (κ3) is 3.99. The number of hydrogen-bond donors (Lipinski definition) is 2. The maximum absolute atomic E-state index is 10.6. The van der Waals surface area contributed by atoms with Crippen molar-refractivity contribution < 1.29 is 4.79 Å². The summed E-state index contributed by atoms with van der Waals surface area (Å²) < 4.78 is 0. The van der Waals surface area contributed by atoms with E-state index in [0.29, 0.717) is 16.4 Å². The highest BCUT2D eigenvalue weighted by Crippen LogP contribution is 2.20. The molecular formula is C10H12ClN3O. The molecule has 0 radical (unpaired) electrons. The third-order valence-corrected chi connectivity index (χ3v) is 2.00. The van der Waals surface area contributed by atoms with Crippen LogP contribution in [0.15, 0.2) is 29.4 Å². The normalized spacial score (nSPS) is 11.2. The van der Waals surface area contributed by atoms with E-state index in [9.17, 15) is 4.79 Å². The second kappa shape index (κ2) is 5.36. The van der Waals surface area contributed by atoms with Crippen LogP contribution < -0.4 is 11.2 Å². The first-order valence-corrected chi connectivity index (χ1v) is 4.79. The molecule has 4 nitrogen and oxygen atoms in total. The van der Waals surface area contributed by atoms with E-state index >= 15 is 0 Å². The zero-order valence-corrected chi connectivity index (χ0v) is 9.08. The van der Waals surface area contributed by atoms with Crippen molar-refractivity contribution in [1.29, 1.82) is 0 Å². The fourth-order valence-corrected chi connectivity index (χ4v) is 1.18. The second-order valence-electron chi connectivity index (χ2n) is 3.08. The van der Waals surface area contributed by atoms with Gasteiger partial charge in [-0.2, -0.15) is 5.10 Å². The van der Waals surface area contributed by atoms with Crippen molar-refractivity contribution in [3.05, 3.63) is 29.3 Å². The van der Waals surface area contributed by atoms with E-state index in [4.69, 9.17) is 17.3 Å². The highest BCUT2D eigenvalue weighted by Gasteiger charge is 1.99. The first-order chi connectivity index (χ1) is 7.09. The van der Waals surface area contributed by atoms with Gasteiger partial charge in [-0.05, 0) is 19.1 Å². The van der Waals surface area contributed by atoms with Crippen LogP contribution in [0, 0.1) is 0 Å². The van der Waals surface area contributed by atoms with Crippen molar-refractivity contribution in [3.63, 3.8) is 0 Å². The smallest absolute Gasteiger partial charge is 0.223 e. The Labute approximate surface area is 93.1 Å². The summed E-state index contributed by atoms with van der Waals surface area (Å²) in [5.41, 5.74) is 9.10. The van der Waals surface area contributed by atoms with Gasteiger partial charge in [-0.3, -0.25) is 10.2 Å². The molecule has 0 saturated carbocycles. The summed E-state index contributed by atoms with van der Waals surface area (Å²) in [6.07, 6.45) is 0.136. The predicted octanol–water partition coefficient (Wildman–Crippen LogP) is 2.00. The molecule has 5 heteroatoms. The number of halogens is 1. The maximum atomic E-state index is 10.6. The Morgan fingerprint density at radius 1 is 1.53 bits per heavy atom. The van der Waals surface area contributed by atoms with Crippen LogP contribution in [0.2, 0.25) is 5.02 Å². The van der Waals surface area contributed by atoms with Gasteiger partial charge in [0.05, 0.1) is 17.1 Å². The van der Waals surface area contributed by atoms with E-state index in [0.717, 1.165) is 0 Å². The van der Waals surface area contributed by atoms with Gasteiger partial charge in [0.25, 0.3) is 0 Å². The lowest BCUT2D eigenvalue weighted by Crippen LogP contribution is -2.15. The Morgan fingerprint density at radius 2 is 2.20 bits per heavy atom. The van der Waals surface area contributed by atoms with Crippen molar-refractivity contribution in [2.45, 2.75) is 13.3 Å². The number of hydrogen-bond acceptors (Lipinski definition) is 3. The average Bonchev–Trinajstić information content (AvgIpc) is 2.15. The molecule has 0 aliphatic rings. The first-order valence-electron chi connectivity index (χ1n) is 4.41. The van der Waals surface area contributed by atoms with Crippen molar-refractivity contribution in [1.82, 2.24) is 0 Å². The Hall–Kier alpha value is -1.55. The molecule has 80 valence electrons. The minimum absolute atomic E-state index is 0.136. The molecule has 0 saturated heterocycles. The number of benzene rings is 1. The zero-order chi connectivity index (χ0) is 11.3. The Morgan fingerprint density at radius 3 is 2.80 bits per heavy atom. The lowest BCUT2D eigenvalue weighted by Gasteiger charge is -2.03. The number of anilines is 1. The van der Waals surface area contributed by atoms with Crippen LogP contribution >= 0.6 is 11.6 Å². The largest absolute Gasteiger partial charge is 0.369 e. The van der Waals surface area contributed by atoms with Gasteiger partial charge in [0, 0.05) is 5.71 Å². The predicted molar refractivity (Wildman–Crippen MR) is 62.0 cm³/mol. The molecule has 0 heterocycles.